The lowest BCUT2D eigenvalue weighted by molar-refractivity contribution is -0.141. The van der Waals surface area contributed by atoms with E-state index in [9.17, 15) is 9.59 Å². The van der Waals surface area contributed by atoms with E-state index in [0.29, 0.717) is 18.7 Å². The Kier molecular flexibility index (Phi) is 4.06. The van der Waals surface area contributed by atoms with Crippen LogP contribution < -0.4 is 5.32 Å². The van der Waals surface area contributed by atoms with Crippen LogP contribution in [0.5, 0.6) is 0 Å². The standard InChI is InChI=1S/C16H15N5O2/c17-5-12-1-3-13(4-2-12)8-21-11-18-6-14(21)9-20-10-15(22)19-7-16(20)23/h1-4,6,11H,7-10H2,(H,19,22). The quantitative estimate of drug-likeness (QED) is 0.877. The minimum absolute atomic E-state index is 0.0442. The lowest BCUT2D eigenvalue weighted by atomic mass is 10.1. The Morgan fingerprint density at radius 3 is 2.74 bits per heavy atom. The summed E-state index contributed by atoms with van der Waals surface area (Å²) in [5.41, 5.74) is 2.51. The number of piperazine rings is 1. The van der Waals surface area contributed by atoms with E-state index in [2.05, 4.69) is 16.4 Å². The van der Waals surface area contributed by atoms with Crippen LogP contribution in [-0.2, 0) is 22.7 Å². The number of imidazole rings is 1. The molecule has 1 N–H and O–H groups in total. The highest BCUT2D eigenvalue weighted by molar-refractivity contribution is 5.92. The molecule has 0 spiro atoms. The summed E-state index contributed by atoms with van der Waals surface area (Å²) in [6, 6.07) is 9.40. The van der Waals surface area contributed by atoms with Crippen LogP contribution in [0.4, 0.5) is 0 Å². The third kappa shape index (κ3) is 3.37. The summed E-state index contributed by atoms with van der Waals surface area (Å²) in [6.45, 7) is 1.06. The fourth-order valence-corrected chi connectivity index (χ4v) is 2.45. The van der Waals surface area contributed by atoms with E-state index in [1.165, 1.54) is 4.90 Å². The predicted molar refractivity (Wildman–Crippen MR) is 80.9 cm³/mol. The summed E-state index contributed by atoms with van der Waals surface area (Å²) in [7, 11) is 0. The van der Waals surface area contributed by atoms with Gasteiger partial charge in [-0.25, -0.2) is 4.98 Å². The van der Waals surface area contributed by atoms with E-state index in [-0.39, 0.29) is 24.9 Å². The van der Waals surface area contributed by atoms with Crippen LogP contribution >= 0.6 is 0 Å². The van der Waals surface area contributed by atoms with Crippen molar-refractivity contribution in [2.75, 3.05) is 13.1 Å². The molecule has 116 valence electrons. The van der Waals surface area contributed by atoms with Gasteiger partial charge in [0.25, 0.3) is 0 Å². The van der Waals surface area contributed by atoms with Crippen LogP contribution in [0.25, 0.3) is 0 Å². The van der Waals surface area contributed by atoms with Crippen LogP contribution in [0.1, 0.15) is 16.8 Å². The predicted octanol–water partition coefficient (Wildman–Crippen LogP) is 0.261. The van der Waals surface area contributed by atoms with Gasteiger partial charge in [-0.05, 0) is 17.7 Å². The van der Waals surface area contributed by atoms with E-state index in [4.69, 9.17) is 5.26 Å². The Morgan fingerprint density at radius 2 is 2.00 bits per heavy atom. The van der Waals surface area contributed by atoms with Gasteiger partial charge in [-0.2, -0.15) is 5.26 Å². The first-order valence-corrected chi connectivity index (χ1v) is 7.18. The largest absolute Gasteiger partial charge is 0.345 e. The minimum Gasteiger partial charge on any atom is -0.345 e. The average Bonchev–Trinajstić information content (AvgIpc) is 2.99. The average molecular weight is 309 g/mol. The summed E-state index contributed by atoms with van der Waals surface area (Å²) < 4.78 is 1.93. The van der Waals surface area contributed by atoms with Crippen molar-refractivity contribution in [2.24, 2.45) is 0 Å². The van der Waals surface area contributed by atoms with Gasteiger partial charge in [0.05, 0.1) is 43.3 Å². The second-order valence-corrected chi connectivity index (χ2v) is 5.35. The number of carbonyl (C=O) groups is 2. The molecule has 1 fully saturated rings. The maximum Gasteiger partial charge on any atom is 0.242 e. The summed E-state index contributed by atoms with van der Waals surface area (Å²) >= 11 is 0. The first-order valence-electron chi connectivity index (χ1n) is 7.18. The second-order valence-electron chi connectivity index (χ2n) is 5.35. The number of nitrogens with zero attached hydrogens (tertiary/aromatic N) is 4. The van der Waals surface area contributed by atoms with E-state index in [0.717, 1.165) is 11.3 Å². The molecule has 2 aromatic rings. The molecule has 0 saturated carbocycles. The highest BCUT2D eigenvalue weighted by atomic mass is 16.2. The summed E-state index contributed by atoms with van der Waals surface area (Å²) in [6.07, 6.45) is 3.39. The zero-order valence-corrected chi connectivity index (χ0v) is 12.4. The number of nitriles is 1. The van der Waals surface area contributed by atoms with Gasteiger partial charge in [-0.15, -0.1) is 0 Å². The van der Waals surface area contributed by atoms with Crippen molar-refractivity contribution in [3.8, 4) is 6.07 Å². The van der Waals surface area contributed by atoms with Crippen LogP contribution in [0, 0.1) is 11.3 Å². The van der Waals surface area contributed by atoms with E-state index >= 15 is 0 Å². The number of aromatic nitrogens is 2. The number of carbonyl (C=O) groups excluding carboxylic acids is 2. The first kappa shape index (κ1) is 14.8. The molecule has 0 unspecified atom stereocenters. The van der Waals surface area contributed by atoms with Gasteiger partial charge in [0.2, 0.25) is 11.8 Å². The van der Waals surface area contributed by atoms with Gasteiger partial charge in [0, 0.05) is 12.7 Å². The highest BCUT2D eigenvalue weighted by Gasteiger charge is 2.23. The molecule has 0 atom stereocenters. The SMILES string of the molecule is N#Cc1ccc(Cn2cncc2CN2CC(=O)NCC2=O)cc1. The van der Waals surface area contributed by atoms with Crippen LogP contribution in [0.2, 0.25) is 0 Å². The van der Waals surface area contributed by atoms with Gasteiger partial charge < -0.3 is 14.8 Å². The van der Waals surface area contributed by atoms with Crippen LogP contribution in [-0.4, -0.2) is 39.4 Å². The molecule has 1 aromatic heterocycles. The number of nitrogens with one attached hydrogen (secondary N) is 1. The molecule has 2 amide bonds. The Hall–Kier alpha value is -3.14. The van der Waals surface area contributed by atoms with E-state index in [1.54, 1.807) is 24.7 Å². The lowest BCUT2D eigenvalue weighted by Gasteiger charge is -2.26. The molecule has 7 heteroatoms. The smallest absolute Gasteiger partial charge is 0.242 e. The van der Waals surface area contributed by atoms with Crippen molar-refractivity contribution in [3.63, 3.8) is 0 Å². The van der Waals surface area contributed by atoms with Crippen molar-refractivity contribution < 1.29 is 9.59 Å². The second kappa shape index (κ2) is 6.32. The number of rotatable bonds is 4. The third-order valence-corrected chi connectivity index (χ3v) is 3.71. The molecule has 3 rings (SSSR count). The van der Waals surface area contributed by atoms with Crippen molar-refractivity contribution in [1.82, 2.24) is 19.8 Å². The van der Waals surface area contributed by atoms with Crippen LogP contribution in [0.15, 0.2) is 36.8 Å². The summed E-state index contributed by atoms with van der Waals surface area (Å²) in [4.78, 5) is 28.9. The maximum absolute atomic E-state index is 11.9. The van der Waals surface area contributed by atoms with Crippen molar-refractivity contribution >= 4 is 11.8 Å². The molecule has 23 heavy (non-hydrogen) atoms. The molecule has 0 bridgehead atoms. The van der Waals surface area contributed by atoms with Gasteiger partial charge in [0.1, 0.15) is 0 Å². The zero-order valence-electron chi connectivity index (χ0n) is 12.4. The Labute approximate surface area is 133 Å². The summed E-state index contributed by atoms with van der Waals surface area (Å²) in [5, 5.41) is 11.4. The number of hydrogen-bond acceptors (Lipinski definition) is 4. The zero-order chi connectivity index (χ0) is 16.2. The Morgan fingerprint density at radius 1 is 1.22 bits per heavy atom. The van der Waals surface area contributed by atoms with Crippen LogP contribution in [0.3, 0.4) is 0 Å². The fraction of sp³-hybridized carbons (Fsp3) is 0.250. The number of hydrogen-bond donors (Lipinski definition) is 1. The number of amides is 2. The van der Waals surface area contributed by atoms with Crippen molar-refractivity contribution in [1.29, 1.82) is 5.26 Å². The molecular weight excluding hydrogens is 294 g/mol. The topological polar surface area (TPSA) is 91.0 Å². The molecular formula is C16H15N5O2. The lowest BCUT2D eigenvalue weighted by Crippen LogP contribution is -2.51. The summed E-state index contributed by atoms with van der Waals surface area (Å²) in [5.74, 6) is -0.251. The number of benzene rings is 1. The molecule has 0 aliphatic carbocycles. The molecule has 1 saturated heterocycles. The van der Waals surface area contributed by atoms with Gasteiger partial charge in [-0.3, -0.25) is 9.59 Å². The third-order valence-electron chi connectivity index (χ3n) is 3.71. The molecule has 1 aliphatic rings. The van der Waals surface area contributed by atoms with Gasteiger partial charge in [-0.1, -0.05) is 12.1 Å². The van der Waals surface area contributed by atoms with E-state index in [1.807, 2.05) is 16.7 Å². The highest BCUT2D eigenvalue weighted by Crippen LogP contribution is 2.11. The molecule has 7 nitrogen and oxygen atoms in total. The monoisotopic (exact) mass is 309 g/mol. The van der Waals surface area contributed by atoms with Gasteiger partial charge in [0.15, 0.2) is 0 Å². The Bertz CT molecular complexity index is 773. The molecule has 1 aliphatic heterocycles. The normalized spacial score (nSPS) is 14.5. The minimum atomic E-state index is -0.150. The van der Waals surface area contributed by atoms with Crippen molar-refractivity contribution in [3.05, 3.63) is 53.6 Å². The Balaban J connectivity index is 1.72. The van der Waals surface area contributed by atoms with Gasteiger partial charge >= 0.3 is 0 Å². The maximum atomic E-state index is 11.9. The van der Waals surface area contributed by atoms with Crippen molar-refractivity contribution in [2.45, 2.75) is 13.1 Å². The fourth-order valence-electron chi connectivity index (χ4n) is 2.45. The van der Waals surface area contributed by atoms with E-state index < -0.39 is 0 Å². The molecule has 2 heterocycles. The molecule has 1 aromatic carbocycles. The molecule has 0 radical (unpaired) electrons. The first-order chi connectivity index (χ1) is 11.2.